The van der Waals surface area contributed by atoms with Crippen molar-refractivity contribution in [2.75, 3.05) is 5.32 Å². The van der Waals surface area contributed by atoms with Gasteiger partial charge in [-0.15, -0.1) is 0 Å². The van der Waals surface area contributed by atoms with Gasteiger partial charge in [0.2, 0.25) is 0 Å². The van der Waals surface area contributed by atoms with Crippen LogP contribution >= 0.6 is 15.9 Å². The lowest BCUT2D eigenvalue weighted by molar-refractivity contribution is -0.138. The number of aryl methyl sites for hydroxylation is 1. The van der Waals surface area contributed by atoms with Crippen LogP contribution in [-0.4, -0.2) is 22.6 Å². The second-order valence-corrected chi connectivity index (χ2v) is 6.10. The zero-order chi connectivity index (χ0) is 15.3. The van der Waals surface area contributed by atoms with E-state index < -0.39 is 17.5 Å². The van der Waals surface area contributed by atoms with Crippen LogP contribution in [0.2, 0.25) is 0 Å². The maximum Gasteiger partial charge on any atom is 0.319 e. The van der Waals surface area contributed by atoms with Gasteiger partial charge in [-0.1, -0.05) is 22.9 Å². The molecule has 0 aliphatic rings. The van der Waals surface area contributed by atoms with E-state index in [-0.39, 0.29) is 6.42 Å². The van der Waals surface area contributed by atoms with Gasteiger partial charge in [0.1, 0.15) is 0 Å². The number of carboxylic acids is 1. The Kier molecular flexibility index (Phi) is 5.56. The standard InChI is InChI=1S/C14H19BrN2O3/c1-4-9-7-10(15)5-6-11(9)16-13(20)17-14(2,3)8-12(18)19/h5-7H,4,8H2,1-3H3,(H,18,19)(H2,16,17,20). The number of halogens is 1. The number of carbonyl (C=O) groups excluding carboxylic acids is 1. The first-order valence-corrected chi connectivity index (χ1v) is 7.12. The average molecular weight is 343 g/mol. The van der Waals surface area contributed by atoms with Crippen molar-refractivity contribution < 1.29 is 14.7 Å². The van der Waals surface area contributed by atoms with E-state index in [1.54, 1.807) is 13.8 Å². The van der Waals surface area contributed by atoms with E-state index in [1.807, 2.05) is 25.1 Å². The highest BCUT2D eigenvalue weighted by Crippen LogP contribution is 2.21. The van der Waals surface area contributed by atoms with E-state index >= 15 is 0 Å². The number of urea groups is 1. The Bertz CT molecular complexity index is 515. The number of anilines is 1. The van der Waals surface area contributed by atoms with Crippen LogP contribution in [0.25, 0.3) is 0 Å². The zero-order valence-electron chi connectivity index (χ0n) is 11.8. The van der Waals surface area contributed by atoms with Gasteiger partial charge in [-0.25, -0.2) is 4.79 Å². The molecule has 0 radical (unpaired) electrons. The third kappa shape index (κ3) is 5.21. The van der Waals surface area contributed by atoms with Crippen molar-refractivity contribution in [3.8, 4) is 0 Å². The molecule has 1 aromatic carbocycles. The van der Waals surface area contributed by atoms with E-state index in [2.05, 4.69) is 26.6 Å². The molecule has 0 aromatic heterocycles. The lowest BCUT2D eigenvalue weighted by Gasteiger charge is -2.24. The molecule has 5 nitrogen and oxygen atoms in total. The molecular weight excluding hydrogens is 324 g/mol. The lowest BCUT2D eigenvalue weighted by Crippen LogP contribution is -2.46. The highest BCUT2D eigenvalue weighted by molar-refractivity contribution is 9.10. The average Bonchev–Trinajstić information content (AvgIpc) is 2.28. The molecule has 0 heterocycles. The number of nitrogens with one attached hydrogen (secondary N) is 2. The Labute approximate surface area is 126 Å². The van der Waals surface area contributed by atoms with Gasteiger partial charge >= 0.3 is 12.0 Å². The van der Waals surface area contributed by atoms with Crippen LogP contribution in [0.3, 0.4) is 0 Å². The number of amides is 2. The van der Waals surface area contributed by atoms with Crippen LogP contribution in [0.15, 0.2) is 22.7 Å². The number of hydrogen-bond acceptors (Lipinski definition) is 2. The number of hydrogen-bond donors (Lipinski definition) is 3. The van der Waals surface area contributed by atoms with Gasteiger partial charge in [-0.2, -0.15) is 0 Å². The molecule has 20 heavy (non-hydrogen) atoms. The van der Waals surface area contributed by atoms with Gasteiger partial charge in [0.05, 0.1) is 6.42 Å². The van der Waals surface area contributed by atoms with Crippen molar-refractivity contribution in [3.05, 3.63) is 28.2 Å². The van der Waals surface area contributed by atoms with Crippen molar-refractivity contribution in [2.45, 2.75) is 39.2 Å². The summed E-state index contributed by atoms with van der Waals surface area (Å²) in [5.41, 5.74) is 0.919. The third-order valence-electron chi connectivity index (χ3n) is 2.74. The maximum absolute atomic E-state index is 11.9. The number of carbonyl (C=O) groups is 2. The third-order valence-corrected chi connectivity index (χ3v) is 3.23. The van der Waals surface area contributed by atoms with E-state index in [9.17, 15) is 9.59 Å². The molecule has 6 heteroatoms. The molecule has 110 valence electrons. The largest absolute Gasteiger partial charge is 0.481 e. The molecule has 1 rings (SSSR count). The molecular formula is C14H19BrN2O3. The minimum Gasteiger partial charge on any atom is -0.481 e. The van der Waals surface area contributed by atoms with Crippen molar-refractivity contribution >= 4 is 33.6 Å². The van der Waals surface area contributed by atoms with E-state index in [1.165, 1.54) is 0 Å². The number of benzene rings is 1. The summed E-state index contributed by atoms with van der Waals surface area (Å²) in [5.74, 6) is -0.951. The normalized spacial score (nSPS) is 11.0. The molecule has 0 fully saturated rings. The zero-order valence-corrected chi connectivity index (χ0v) is 13.4. The number of carboxylic acid groups (broad SMARTS) is 1. The van der Waals surface area contributed by atoms with Crippen LogP contribution in [0.5, 0.6) is 0 Å². The van der Waals surface area contributed by atoms with E-state index in [4.69, 9.17) is 5.11 Å². The SMILES string of the molecule is CCc1cc(Br)ccc1NC(=O)NC(C)(C)CC(=O)O. The van der Waals surface area contributed by atoms with Crippen LogP contribution in [-0.2, 0) is 11.2 Å². The fourth-order valence-electron chi connectivity index (χ4n) is 1.86. The second kappa shape index (κ2) is 6.74. The van der Waals surface area contributed by atoms with Gasteiger partial charge in [-0.3, -0.25) is 4.79 Å². The highest BCUT2D eigenvalue weighted by Gasteiger charge is 2.24. The predicted octanol–water partition coefficient (Wildman–Crippen LogP) is 3.39. The molecule has 1 aromatic rings. The van der Waals surface area contributed by atoms with Gasteiger partial charge in [-0.05, 0) is 44.0 Å². The first-order valence-electron chi connectivity index (χ1n) is 6.33. The number of aliphatic carboxylic acids is 1. The van der Waals surface area contributed by atoms with Crippen LogP contribution < -0.4 is 10.6 Å². The Balaban J connectivity index is 2.74. The summed E-state index contributed by atoms with van der Waals surface area (Å²) >= 11 is 3.39. The topological polar surface area (TPSA) is 78.4 Å². The quantitative estimate of drug-likeness (QED) is 0.767. The fourth-order valence-corrected chi connectivity index (χ4v) is 2.27. The van der Waals surface area contributed by atoms with E-state index in [0.29, 0.717) is 0 Å². The Morgan fingerprint density at radius 3 is 2.55 bits per heavy atom. The molecule has 0 saturated heterocycles. The summed E-state index contributed by atoms with van der Waals surface area (Å²) in [6.45, 7) is 5.34. The van der Waals surface area contributed by atoms with Crippen LogP contribution in [0.1, 0.15) is 32.8 Å². The predicted molar refractivity (Wildman–Crippen MR) is 82.0 cm³/mol. The summed E-state index contributed by atoms with van der Waals surface area (Å²) in [6.07, 6.45) is 0.648. The van der Waals surface area contributed by atoms with Gasteiger partial charge in [0.25, 0.3) is 0 Å². The molecule has 0 aliphatic carbocycles. The molecule has 3 N–H and O–H groups in total. The van der Waals surface area contributed by atoms with E-state index in [0.717, 1.165) is 22.1 Å². The number of rotatable bonds is 5. The monoisotopic (exact) mass is 342 g/mol. The molecule has 0 spiro atoms. The molecule has 0 saturated carbocycles. The minimum absolute atomic E-state index is 0.138. The molecule has 0 bridgehead atoms. The van der Waals surface area contributed by atoms with Crippen LogP contribution in [0, 0.1) is 0 Å². The fraction of sp³-hybridized carbons (Fsp3) is 0.429. The van der Waals surface area contributed by atoms with Gasteiger partial charge < -0.3 is 15.7 Å². The first-order chi connectivity index (χ1) is 9.23. The Morgan fingerprint density at radius 2 is 2.00 bits per heavy atom. The smallest absolute Gasteiger partial charge is 0.319 e. The minimum atomic E-state index is -0.951. The van der Waals surface area contributed by atoms with Crippen molar-refractivity contribution in [1.82, 2.24) is 5.32 Å². The Hall–Kier alpha value is -1.56. The maximum atomic E-state index is 11.9. The Morgan fingerprint density at radius 1 is 1.35 bits per heavy atom. The molecule has 0 atom stereocenters. The summed E-state index contributed by atoms with van der Waals surface area (Å²) in [6, 6.07) is 5.19. The molecule has 2 amide bonds. The second-order valence-electron chi connectivity index (χ2n) is 5.19. The van der Waals surface area contributed by atoms with Crippen LogP contribution in [0.4, 0.5) is 10.5 Å². The molecule has 0 aliphatic heterocycles. The summed E-state index contributed by atoms with van der Waals surface area (Å²) in [4.78, 5) is 22.7. The highest BCUT2D eigenvalue weighted by atomic mass is 79.9. The van der Waals surface area contributed by atoms with Crippen molar-refractivity contribution in [1.29, 1.82) is 0 Å². The summed E-state index contributed by atoms with van der Waals surface area (Å²) in [7, 11) is 0. The first kappa shape index (κ1) is 16.5. The van der Waals surface area contributed by atoms with Crippen molar-refractivity contribution in [2.24, 2.45) is 0 Å². The van der Waals surface area contributed by atoms with Crippen molar-refractivity contribution in [3.63, 3.8) is 0 Å². The van der Waals surface area contributed by atoms with Gasteiger partial charge in [0, 0.05) is 15.7 Å². The molecule has 0 unspecified atom stereocenters. The van der Waals surface area contributed by atoms with Gasteiger partial charge in [0.15, 0.2) is 0 Å². The summed E-state index contributed by atoms with van der Waals surface area (Å²) in [5, 5.41) is 14.2. The lowest BCUT2D eigenvalue weighted by atomic mass is 10.0. The summed E-state index contributed by atoms with van der Waals surface area (Å²) < 4.78 is 0.950.